The number of ether oxygens (including phenoxy) is 2. The number of rotatable bonds is 2. The van der Waals surface area contributed by atoms with Gasteiger partial charge in [-0.25, -0.2) is 0 Å². The van der Waals surface area contributed by atoms with E-state index in [1.807, 2.05) is 0 Å². The average Bonchev–Trinajstić information content (AvgIpc) is 3.50. The lowest BCUT2D eigenvalue weighted by Crippen LogP contribution is -2.36. The molecule has 2 fully saturated rings. The molecule has 3 heterocycles. The molecule has 2 aliphatic carbocycles. The lowest BCUT2D eigenvalue weighted by atomic mass is 9.73. The molecule has 1 aromatic heterocycles. The zero-order valence-corrected chi connectivity index (χ0v) is 20.4. The Kier molecular flexibility index (Phi) is 5.32. The summed E-state index contributed by atoms with van der Waals surface area (Å²) in [5.41, 5.74) is 3.01. The van der Waals surface area contributed by atoms with Crippen LogP contribution in [0.5, 0.6) is 0 Å². The minimum atomic E-state index is -4.62. The maximum absolute atomic E-state index is 13.5. The van der Waals surface area contributed by atoms with Gasteiger partial charge in [0.05, 0.1) is 28.9 Å². The van der Waals surface area contributed by atoms with Gasteiger partial charge in [-0.3, -0.25) is 4.98 Å². The molecule has 6 rings (SSSR count). The van der Waals surface area contributed by atoms with Crippen LogP contribution in [0.15, 0.2) is 18.2 Å². The van der Waals surface area contributed by atoms with E-state index in [2.05, 4.69) is 13.8 Å². The quantitative estimate of drug-likeness (QED) is 0.551. The number of hydrogen-bond acceptors (Lipinski definition) is 5. The molecule has 5 nitrogen and oxygen atoms in total. The second kappa shape index (κ2) is 8.01. The van der Waals surface area contributed by atoms with Crippen LogP contribution in [0.25, 0.3) is 0 Å². The molecule has 8 heteroatoms. The predicted molar refractivity (Wildman–Crippen MR) is 124 cm³/mol. The topological polar surface area (TPSA) is 75.4 Å². The maximum atomic E-state index is 13.5. The molecule has 4 aliphatic rings. The average molecular weight is 499 g/mol. The summed E-state index contributed by atoms with van der Waals surface area (Å²) in [5, 5.41) is 20.9. The molecule has 2 aromatic rings. The molecule has 1 saturated carbocycles. The Morgan fingerprint density at radius 2 is 1.86 bits per heavy atom. The largest absolute Gasteiger partial charge is 0.417 e. The first-order valence-corrected chi connectivity index (χ1v) is 12.7. The predicted octanol–water partition coefficient (Wildman–Crippen LogP) is 5.98. The minimum Gasteiger partial charge on any atom is -0.388 e. The van der Waals surface area contributed by atoms with E-state index >= 15 is 0 Å². The number of aromatic nitrogens is 1. The van der Waals surface area contributed by atoms with Gasteiger partial charge < -0.3 is 14.6 Å². The summed E-state index contributed by atoms with van der Waals surface area (Å²) in [5.74, 6) is 0.0456. The van der Waals surface area contributed by atoms with E-state index < -0.39 is 35.1 Å². The van der Waals surface area contributed by atoms with Crippen molar-refractivity contribution in [3.05, 3.63) is 63.0 Å². The molecular weight excluding hydrogens is 469 g/mol. The van der Waals surface area contributed by atoms with Crippen LogP contribution >= 0.6 is 0 Å². The third-order valence-electron chi connectivity index (χ3n) is 8.52. The highest BCUT2D eigenvalue weighted by Gasteiger charge is 2.55. The maximum Gasteiger partial charge on any atom is 0.417 e. The summed E-state index contributed by atoms with van der Waals surface area (Å²) < 4.78 is 53.0. The van der Waals surface area contributed by atoms with E-state index in [0.29, 0.717) is 38.0 Å². The number of alkyl halides is 3. The highest BCUT2D eigenvalue weighted by atomic mass is 19.4. The van der Waals surface area contributed by atoms with Crippen LogP contribution in [0.2, 0.25) is 0 Å². The standard InChI is InChI=1S/C28H29F3N2O3/c1-15(2)24-22-23(21-19(33-24)12-26(5-6-26)13-20(21)34)27(7-9-35-10-8-27)36-25(22)16-3-4-18(28(29,30)31)17(11-16)14-32/h3-4,11,15,20,25,34H,5-10,12-13H2,1-2H3. The summed E-state index contributed by atoms with van der Waals surface area (Å²) in [7, 11) is 0. The van der Waals surface area contributed by atoms with Crippen molar-refractivity contribution in [1.82, 2.24) is 4.98 Å². The van der Waals surface area contributed by atoms with Crippen molar-refractivity contribution in [2.45, 2.75) is 82.3 Å². The third kappa shape index (κ3) is 3.59. The number of halogens is 3. The molecule has 0 radical (unpaired) electrons. The van der Waals surface area contributed by atoms with Crippen molar-refractivity contribution in [1.29, 1.82) is 5.26 Å². The van der Waals surface area contributed by atoms with E-state index in [0.717, 1.165) is 53.4 Å². The number of nitriles is 1. The van der Waals surface area contributed by atoms with Crippen molar-refractivity contribution in [3.8, 4) is 6.07 Å². The van der Waals surface area contributed by atoms with Crippen molar-refractivity contribution >= 4 is 0 Å². The number of fused-ring (bicyclic) bond motifs is 4. The molecule has 0 amide bonds. The van der Waals surface area contributed by atoms with Gasteiger partial charge in [-0.2, -0.15) is 18.4 Å². The highest BCUT2D eigenvalue weighted by Crippen LogP contribution is 2.62. The fourth-order valence-corrected chi connectivity index (χ4v) is 6.58. The number of aliphatic hydroxyl groups excluding tert-OH is 1. The van der Waals surface area contributed by atoms with Gasteiger partial charge in [0.1, 0.15) is 6.10 Å². The van der Waals surface area contributed by atoms with Crippen LogP contribution in [0.1, 0.15) is 109 Å². The van der Waals surface area contributed by atoms with Crippen LogP contribution in [0, 0.1) is 16.7 Å². The summed E-state index contributed by atoms with van der Waals surface area (Å²) in [6.07, 6.45) is -1.03. The molecule has 36 heavy (non-hydrogen) atoms. The normalized spacial score (nSPS) is 25.6. The van der Waals surface area contributed by atoms with Gasteiger partial charge in [-0.15, -0.1) is 0 Å². The van der Waals surface area contributed by atoms with Crippen LogP contribution in [-0.2, 0) is 27.7 Å². The molecule has 2 atom stereocenters. The SMILES string of the molecule is CC(C)c1nc2c(c3c1C(c1ccc(C(F)(F)F)c(C#N)c1)OC31CCOCC1)C(O)CC1(CC1)C2. The first-order valence-electron chi connectivity index (χ1n) is 12.7. The number of benzene rings is 1. The van der Waals surface area contributed by atoms with Gasteiger partial charge in [0.2, 0.25) is 0 Å². The molecule has 1 N–H and O–H groups in total. The first kappa shape index (κ1) is 23.9. The van der Waals surface area contributed by atoms with Crippen LogP contribution < -0.4 is 0 Å². The molecule has 190 valence electrons. The Morgan fingerprint density at radius 1 is 1.14 bits per heavy atom. The lowest BCUT2D eigenvalue weighted by Gasteiger charge is -2.38. The Morgan fingerprint density at radius 3 is 2.47 bits per heavy atom. The molecule has 2 spiro atoms. The van der Waals surface area contributed by atoms with Crippen molar-refractivity contribution in [2.24, 2.45) is 5.41 Å². The Hall–Kier alpha value is -2.47. The van der Waals surface area contributed by atoms with Crippen LogP contribution in [0.3, 0.4) is 0 Å². The van der Waals surface area contributed by atoms with Gasteiger partial charge in [-0.1, -0.05) is 19.9 Å². The van der Waals surface area contributed by atoms with E-state index in [4.69, 9.17) is 14.5 Å². The fourth-order valence-electron chi connectivity index (χ4n) is 6.58. The van der Waals surface area contributed by atoms with Gasteiger partial charge in [0, 0.05) is 48.6 Å². The number of aliphatic hydroxyl groups is 1. The third-order valence-corrected chi connectivity index (χ3v) is 8.52. The number of nitrogens with zero attached hydrogens (tertiary/aromatic N) is 2. The van der Waals surface area contributed by atoms with Gasteiger partial charge in [0.25, 0.3) is 0 Å². The monoisotopic (exact) mass is 498 g/mol. The number of pyridine rings is 1. The van der Waals surface area contributed by atoms with Gasteiger partial charge in [0.15, 0.2) is 0 Å². The molecule has 2 unspecified atom stereocenters. The second-order valence-electron chi connectivity index (χ2n) is 11.2. The van der Waals surface area contributed by atoms with E-state index in [1.54, 1.807) is 6.07 Å². The first-order chi connectivity index (χ1) is 17.1. The van der Waals surface area contributed by atoms with Crippen molar-refractivity contribution in [2.75, 3.05) is 13.2 Å². The van der Waals surface area contributed by atoms with E-state index in [-0.39, 0.29) is 11.3 Å². The van der Waals surface area contributed by atoms with Crippen molar-refractivity contribution < 1.29 is 27.8 Å². The van der Waals surface area contributed by atoms with Gasteiger partial charge >= 0.3 is 6.18 Å². The van der Waals surface area contributed by atoms with Crippen LogP contribution in [-0.4, -0.2) is 23.3 Å². The lowest BCUT2D eigenvalue weighted by molar-refractivity contribution is -0.138. The smallest absolute Gasteiger partial charge is 0.388 e. The fraction of sp³-hybridized carbons (Fsp3) is 0.571. The summed E-state index contributed by atoms with van der Waals surface area (Å²) in [6.45, 7) is 5.11. The van der Waals surface area contributed by atoms with Crippen LogP contribution in [0.4, 0.5) is 13.2 Å². The zero-order valence-electron chi connectivity index (χ0n) is 20.4. The molecule has 0 bridgehead atoms. The highest BCUT2D eigenvalue weighted by molar-refractivity contribution is 5.56. The van der Waals surface area contributed by atoms with E-state index in [1.165, 1.54) is 12.1 Å². The van der Waals surface area contributed by atoms with E-state index in [9.17, 15) is 23.5 Å². The summed E-state index contributed by atoms with van der Waals surface area (Å²) in [4.78, 5) is 5.11. The Labute approximate surface area is 208 Å². The van der Waals surface area contributed by atoms with Gasteiger partial charge in [-0.05, 0) is 60.3 Å². The Balaban J connectivity index is 1.58. The molecule has 2 aliphatic heterocycles. The Bertz CT molecular complexity index is 1270. The zero-order chi connectivity index (χ0) is 25.5. The summed E-state index contributed by atoms with van der Waals surface area (Å²) >= 11 is 0. The summed E-state index contributed by atoms with van der Waals surface area (Å²) in [6, 6.07) is 5.40. The number of hydrogen-bond donors (Lipinski definition) is 1. The molecule has 1 aromatic carbocycles. The second-order valence-corrected chi connectivity index (χ2v) is 11.2. The van der Waals surface area contributed by atoms with Crippen molar-refractivity contribution in [3.63, 3.8) is 0 Å². The minimum absolute atomic E-state index is 0.0456. The molecule has 1 saturated heterocycles. The molecular formula is C28H29F3N2O3.